The molecule has 0 amide bonds. The molecular formula is C36H48F2N4O3. The molecule has 0 bridgehead atoms. The molecule has 2 aliphatic rings. The number of aromatic nitrogens is 2. The SMILES string of the molecule is CCn1nc(Cc2ccc(OC)c(F)c2)cc1C1CCN(C[C@H]2C[C@H](N(C)[C@@H](C(=O)O)C(C)C)C[C@@H]2c2cccc(F)c2)CC1. The van der Waals surface area contributed by atoms with E-state index in [1.165, 1.54) is 24.9 Å². The minimum atomic E-state index is -0.786. The Kier molecular flexibility index (Phi) is 10.6. The molecule has 2 fully saturated rings. The van der Waals surface area contributed by atoms with E-state index in [-0.39, 0.29) is 35.3 Å². The quantitative estimate of drug-likeness (QED) is 0.247. The maximum absolute atomic E-state index is 14.3. The van der Waals surface area contributed by atoms with Gasteiger partial charge in [-0.05, 0) is 112 Å². The molecule has 0 spiro atoms. The van der Waals surface area contributed by atoms with Crippen LogP contribution in [0.25, 0.3) is 0 Å². The van der Waals surface area contributed by atoms with Gasteiger partial charge in [0.05, 0.1) is 12.8 Å². The van der Waals surface area contributed by atoms with Crippen LogP contribution >= 0.6 is 0 Å². The van der Waals surface area contributed by atoms with Gasteiger partial charge in [0.15, 0.2) is 11.6 Å². The highest BCUT2D eigenvalue weighted by atomic mass is 19.1. The van der Waals surface area contributed by atoms with Gasteiger partial charge in [-0.1, -0.05) is 32.0 Å². The first-order valence-corrected chi connectivity index (χ1v) is 16.4. The first-order chi connectivity index (χ1) is 21.6. The molecule has 1 aromatic heterocycles. The Bertz CT molecular complexity index is 1450. The van der Waals surface area contributed by atoms with Crippen molar-refractivity contribution >= 4 is 5.97 Å². The van der Waals surface area contributed by atoms with Gasteiger partial charge in [0, 0.05) is 37.2 Å². The number of likely N-dealkylation sites (N-methyl/N-ethyl adjacent to an activating group) is 1. The minimum Gasteiger partial charge on any atom is -0.494 e. The summed E-state index contributed by atoms with van der Waals surface area (Å²) in [6.45, 7) is 9.66. The molecule has 1 N–H and O–H groups in total. The molecule has 244 valence electrons. The molecule has 5 rings (SSSR count). The highest BCUT2D eigenvalue weighted by molar-refractivity contribution is 5.73. The van der Waals surface area contributed by atoms with E-state index in [4.69, 9.17) is 9.84 Å². The number of benzene rings is 2. The van der Waals surface area contributed by atoms with E-state index in [1.807, 2.05) is 33.0 Å². The van der Waals surface area contributed by atoms with Gasteiger partial charge >= 0.3 is 5.97 Å². The summed E-state index contributed by atoms with van der Waals surface area (Å²) in [7, 11) is 3.41. The van der Waals surface area contributed by atoms with Crippen LogP contribution in [-0.4, -0.2) is 76.5 Å². The molecule has 45 heavy (non-hydrogen) atoms. The van der Waals surface area contributed by atoms with Crippen molar-refractivity contribution < 1.29 is 23.4 Å². The number of hydrogen-bond donors (Lipinski definition) is 1. The Morgan fingerprint density at radius 2 is 1.87 bits per heavy atom. The lowest BCUT2D eigenvalue weighted by Crippen LogP contribution is -2.47. The van der Waals surface area contributed by atoms with E-state index in [1.54, 1.807) is 18.2 Å². The van der Waals surface area contributed by atoms with Crippen LogP contribution in [0.4, 0.5) is 8.78 Å². The van der Waals surface area contributed by atoms with Gasteiger partial charge in [0.25, 0.3) is 0 Å². The standard InChI is InChI=1S/C36H48F2N4O3/c1-6-42-33(20-29(39-42)16-24-10-11-34(45-5)32(38)17-24)25-12-14-41(15-13-25)22-27-19-30(40(4)35(23(2)3)36(43)44)21-31(27)26-8-7-9-28(37)18-26/h7-11,17-18,20,23,25,27,30-31,35H,6,12-16,19,21-22H2,1-5H3,(H,43,44)/t27-,30+,31-,35-/m1/s1. The molecule has 3 aromatic rings. The third-order valence-corrected chi connectivity index (χ3v) is 10.1. The average molecular weight is 623 g/mol. The largest absolute Gasteiger partial charge is 0.494 e. The highest BCUT2D eigenvalue weighted by Crippen LogP contribution is 2.43. The number of likely N-dealkylation sites (tertiary alicyclic amines) is 1. The molecule has 0 unspecified atom stereocenters. The number of carboxylic acids is 1. The number of hydrogen-bond acceptors (Lipinski definition) is 5. The first kappa shape index (κ1) is 33.1. The maximum Gasteiger partial charge on any atom is 0.321 e. The van der Waals surface area contributed by atoms with E-state index >= 15 is 0 Å². The van der Waals surface area contributed by atoms with Gasteiger partial charge in [-0.2, -0.15) is 5.10 Å². The number of piperidine rings is 1. The molecule has 1 saturated heterocycles. The summed E-state index contributed by atoms with van der Waals surface area (Å²) in [4.78, 5) is 16.7. The van der Waals surface area contributed by atoms with E-state index in [9.17, 15) is 18.7 Å². The van der Waals surface area contributed by atoms with Crippen LogP contribution < -0.4 is 4.74 Å². The number of halogens is 2. The average Bonchev–Trinajstić information content (AvgIpc) is 3.61. The summed E-state index contributed by atoms with van der Waals surface area (Å²) in [5, 5.41) is 14.8. The summed E-state index contributed by atoms with van der Waals surface area (Å²) >= 11 is 0. The summed E-state index contributed by atoms with van der Waals surface area (Å²) in [6.07, 6.45) is 4.34. The van der Waals surface area contributed by atoms with Crippen LogP contribution in [0.1, 0.15) is 80.8 Å². The van der Waals surface area contributed by atoms with E-state index in [0.29, 0.717) is 18.3 Å². The lowest BCUT2D eigenvalue weighted by Gasteiger charge is -2.35. The predicted molar refractivity (Wildman–Crippen MR) is 172 cm³/mol. The van der Waals surface area contributed by atoms with Crippen molar-refractivity contribution in [2.24, 2.45) is 11.8 Å². The van der Waals surface area contributed by atoms with E-state index in [0.717, 1.165) is 68.7 Å². The number of ether oxygens (including phenoxy) is 1. The molecule has 2 aromatic carbocycles. The van der Waals surface area contributed by atoms with Crippen molar-refractivity contribution in [2.75, 3.05) is 33.8 Å². The monoisotopic (exact) mass is 622 g/mol. The summed E-state index contributed by atoms with van der Waals surface area (Å²) in [5.41, 5.74) is 4.07. The molecular weight excluding hydrogens is 574 g/mol. The second-order valence-corrected chi connectivity index (χ2v) is 13.3. The summed E-state index contributed by atoms with van der Waals surface area (Å²) in [6, 6.07) is 13.8. The van der Waals surface area contributed by atoms with Crippen molar-refractivity contribution in [1.82, 2.24) is 19.6 Å². The van der Waals surface area contributed by atoms with Crippen molar-refractivity contribution in [3.05, 3.63) is 82.7 Å². The molecule has 0 radical (unpaired) electrons. The highest BCUT2D eigenvalue weighted by Gasteiger charge is 2.42. The third kappa shape index (κ3) is 7.58. The number of aryl methyl sites for hydroxylation is 1. The third-order valence-electron chi connectivity index (χ3n) is 10.1. The topological polar surface area (TPSA) is 70.8 Å². The minimum absolute atomic E-state index is 0.00681. The Hall–Kier alpha value is -3.30. The molecule has 7 nitrogen and oxygen atoms in total. The number of rotatable bonds is 12. The van der Waals surface area contributed by atoms with Crippen molar-refractivity contribution in [3.63, 3.8) is 0 Å². The maximum atomic E-state index is 14.3. The van der Waals surface area contributed by atoms with Crippen LogP contribution in [0.3, 0.4) is 0 Å². The molecule has 4 atom stereocenters. The second kappa shape index (κ2) is 14.4. The summed E-state index contributed by atoms with van der Waals surface area (Å²) < 4.78 is 35.7. The van der Waals surface area contributed by atoms with Gasteiger partial charge < -0.3 is 14.7 Å². The van der Waals surface area contributed by atoms with Gasteiger partial charge in [-0.3, -0.25) is 14.4 Å². The molecule has 9 heteroatoms. The lowest BCUT2D eigenvalue weighted by atomic mass is 9.87. The molecule has 2 heterocycles. The molecule has 1 saturated carbocycles. The van der Waals surface area contributed by atoms with Crippen LogP contribution in [0.5, 0.6) is 5.75 Å². The summed E-state index contributed by atoms with van der Waals surface area (Å²) in [5.74, 6) is -0.239. The smallest absolute Gasteiger partial charge is 0.321 e. The predicted octanol–water partition coefficient (Wildman–Crippen LogP) is 6.56. The normalized spacial score (nSPS) is 21.9. The van der Waals surface area contributed by atoms with Crippen molar-refractivity contribution in [2.45, 2.75) is 83.3 Å². The van der Waals surface area contributed by atoms with Crippen LogP contribution in [0, 0.1) is 23.5 Å². The second-order valence-electron chi connectivity index (χ2n) is 13.3. The number of nitrogens with zero attached hydrogens (tertiary/aromatic N) is 4. The zero-order chi connectivity index (χ0) is 32.2. The van der Waals surface area contributed by atoms with Gasteiger partial charge in [-0.15, -0.1) is 0 Å². The van der Waals surface area contributed by atoms with Crippen LogP contribution in [0.15, 0.2) is 48.5 Å². The Morgan fingerprint density at radius 3 is 2.49 bits per heavy atom. The zero-order valence-electron chi connectivity index (χ0n) is 27.3. The van der Waals surface area contributed by atoms with Gasteiger partial charge in [0.2, 0.25) is 0 Å². The first-order valence-electron chi connectivity index (χ1n) is 16.4. The zero-order valence-corrected chi connectivity index (χ0v) is 27.3. The number of aliphatic carboxylic acids is 1. The van der Waals surface area contributed by atoms with Crippen LogP contribution in [-0.2, 0) is 17.8 Å². The fourth-order valence-electron chi connectivity index (χ4n) is 7.86. The fraction of sp³-hybridized carbons (Fsp3) is 0.556. The van der Waals surface area contributed by atoms with E-state index < -0.39 is 12.0 Å². The number of carbonyl (C=O) groups is 1. The number of carboxylic acid groups (broad SMARTS) is 1. The van der Waals surface area contributed by atoms with Crippen molar-refractivity contribution in [1.29, 1.82) is 0 Å². The Balaban J connectivity index is 1.25. The number of methoxy groups -OCH3 is 1. The Morgan fingerprint density at radius 1 is 1.11 bits per heavy atom. The fourth-order valence-corrected chi connectivity index (χ4v) is 7.86. The molecule has 1 aliphatic heterocycles. The van der Waals surface area contributed by atoms with Crippen molar-refractivity contribution in [3.8, 4) is 5.75 Å². The Labute approximate surface area is 266 Å². The molecule has 1 aliphatic carbocycles. The van der Waals surface area contributed by atoms with Crippen LogP contribution in [0.2, 0.25) is 0 Å². The van der Waals surface area contributed by atoms with E-state index in [2.05, 4.69) is 27.5 Å². The lowest BCUT2D eigenvalue weighted by molar-refractivity contribution is -0.145. The van der Waals surface area contributed by atoms with Gasteiger partial charge in [-0.25, -0.2) is 8.78 Å². The van der Waals surface area contributed by atoms with Gasteiger partial charge in [0.1, 0.15) is 11.9 Å².